The molecule has 1 aromatic heterocycles. The fourth-order valence-electron chi connectivity index (χ4n) is 2.44. The lowest BCUT2D eigenvalue weighted by atomic mass is 10.1. The van der Waals surface area contributed by atoms with Crippen LogP contribution in [0.1, 0.15) is 28.9 Å². The normalized spacial score (nSPS) is 12.0. The Bertz CT molecular complexity index is 656. The molecule has 0 fully saturated rings. The number of amides is 1. The first-order valence-electron chi connectivity index (χ1n) is 7.84. The molecule has 0 saturated heterocycles. The average Bonchev–Trinajstić information content (AvgIpc) is 3.09. The van der Waals surface area contributed by atoms with Crippen LogP contribution in [0.15, 0.2) is 35.0 Å². The third-order valence-electron chi connectivity index (χ3n) is 3.73. The molecule has 130 valence electrons. The topological polar surface area (TPSA) is 50.8 Å². The van der Waals surface area contributed by atoms with Crippen molar-refractivity contribution >= 4 is 17.2 Å². The van der Waals surface area contributed by atoms with Gasteiger partial charge >= 0.3 is 0 Å². The first kappa shape index (κ1) is 18.3. The second kappa shape index (κ2) is 8.70. The quantitative estimate of drug-likeness (QED) is 0.796. The maximum absolute atomic E-state index is 12.5. The van der Waals surface area contributed by atoms with Gasteiger partial charge in [-0.25, -0.2) is 0 Å². The highest BCUT2D eigenvalue weighted by Crippen LogP contribution is 2.28. The van der Waals surface area contributed by atoms with Crippen molar-refractivity contribution in [2.24, 2.45) is 0 Å². The number of likely N-dealkylation sites (N-methyl/N-ethyl adjacent to an activating group) is 1. The number of hydrogen-bond acceptors (Lipinski definition) is 5. The van der Waals surface area contributed by atoms with Gasteiger partial charge in [-0.1, -0.05) is 0 Å². The third-order valence-corrected chi connectivity index (χ3v) is 4.43. The van der Waals surface area contributed by atoms with Gasteiger partial charge in [0.2, 0.25) is 0 Å². The summed E-state index contributed by atoms with van der Waals surface area (Å²) in [6.07, 6.45) is 0. The molecule has 5 nitrogen and oxygen atoms in total. The van der Waals surface area contributed by atoms with Gasteiger partial charge in [-0.3, -0.25) is 4.79 Å². The zero-order chi connectivity index (χ0) is 17.5. The van der Waals surface area contributed by atoms with Crippen LogP contribution < -0.4 is 14.8 Å². The number of ether oxygens (including phenoxy) is 2. The number of thiophene rings is 1. The minimum atomic E-state index is -0.126. The first-order valence-corrected chi connectivity index (χ1v) is 8.78. The Labute approximate surface area is 147 Å². The second-order valence-corrected chi connectivity index (χ2v) is 6.32. The van der Waals surface area contributed by atoms with E-state index in [1.807, 2.05) is 26.4 Å². The van der Waals surface area contributed by atoms with Gasteiger partial charge in [0.25, 0.3) is 5.91 Å². The molecule has 0 bridgehead atoms. The monoisotopic (exact) mass is 348 g/mol. The van der Waals surface area contributed by atoms with Crippen molar-refractivity contribution in [3.63, 3.8) is 0 Å². The van der Waals surface area contributed by atoms with Crippen LogP contribution in [0.3, 0.4) is 0 Å². The summed E-state index contributed by atoms with van der Waals surface area (Å²) in [7, 11) is 5.58. The van der Waals surface area contributed by atoms with E-state index in [1.165, 1.54) is 5.56 Å². The number of carbonyl (C=O) groups excluding carboxylic acids is 1. The molecule has 24 heavy (non-hydrogen) atoms. The third kappa shape index (κ3) is 4.49. The molecule has 1 aromatic carbocycles. The predicted octanol–water partition coefficient (Wildman–Crippen LogP) is 3.19. The summed E-state index contributed by atoms with van der Waals surface area (Å²) in [5.41, 5.74) is 1.76. The molecule has 1 atom stereocenters. The number of rotatable bonds is 8. The lowest BCUT2D eigenvalue weighted by molar-refractivity contribution is 0.0941. The van der Waals surface area contributed by atoms with Crippen molar-refractivity contribution in [2.75, 3.05) is 34.4 Å². The molecule has 0 spiro atoms. The minimum Gasteiger partial charge on any atom is -0.493 e. The van der Waals surface area contributed by atoms with E-state index in [0.29, 0.717) is 30.2 Å². The van der Waals surface area contributed by atoms with Crippen molar-refractivity contribution < 1.29 is 14.3 Å². The van der Waals surface area contributed by atoms with Gasteiger partial charge in [-0.2, -0.15) is 11.3 Å². The Morgan fingerprint density at radius 1 is 1.29 bits per heavy atom. The maximum Gasteiger partial charge on any atom is 0.251 e. The molecule has 0 aliphatic heterocycles. The molecule has 1 N–H and O–H groups in total. The highest BCUT2D eigenvalue weighted by Gasteiger charge is 2.17. The van der Waals surface area contributed by atoms with Gasteiger partial charge < -0.3 is 19.7 Å². The minimum absolute atomic E-state index is 0.126. The summed E-state index contributed by atoms with van der Waals surface area (Å²) in [6, 6.07) is 7.44. The molecule has 1 amide bonds. The smallest absolute Gasteiger partial charge is 0.251 e. The molecule has 6 heteroatoms. The number of nitrogens with zero attached hydrogens (tertiary/aromatic N) is 1. The SMILES string of the molecule is CCOc1ccc(C(=O)NC[C@@H](c2ccsc2)N(C)C)cc1OC. The van der Waals surface area contributed by atoms with Crippen LogP contribution in [0.25, 0.3) is 0 Å². The second-order valence-electron chi connectivity index (χ2n) is 5.54. The fraction of sp³-hybridized carbons (Fsp3) is 0.389. The summed E-state index contributed by atoms with van der Waals surface area (Å²) in [6.45, 7) is 3.00. The maximum atomic E-state index is 12.5. The molecule has 0 aliphatic carbocycles. The molecule has 0 saturated carbocycles. The first-order chi connectivity index (χ1) is 11.6. The Kier molecular flexibility index (Phi) is 6.63. The predicted molar refractivity (Wildman–Crippen MR) is 97.2 cm³/mol. The molecule has 2 aromatic rings. The molecule has 1 heterocycles. The van der Waals surface area contributed by atoms with Crippen LogP contribution in [0, 0.1) is 0 Å². The molecular formula is C18H24N2O3S. The van der Waals surface area contributed by atoms with Crippen LogP contribution in [0.4, 0.5) is 0 Å². The van der Waals surface area contributed by atoms with Crippen LogP contribution in [0.5, 0.6) is 11.5 Å². The number of hydrogen-bond donors (Lipinski definition) is 1. The van der Waals surface area contributed by atoms with Crippen molar-refractivity contribution in [3.05, 3.63) is 46.2 Å². The Morgan fingerprint density at radius 3 is 2.67 bits per heavy atom. The molecule has 0 aliphatic rings. The average molecular weight is 348 g/mol. The number of carbonyl (C=O) groups is 1. The summed E-state index contributed by atoms with van der Waals surface area (Å²) < 4.78 is 10.8. The Hall–Kier alpha value is -2.05. The van der Waals surface area contributed by atoms with Crippen LogP contribution >= 0.6 is 11.3 Å². The molecule has 0 unspecified atom stereocenters. The van der Waals surface area contributed by atoms with Gasteiger partial charge in [-0.15, -0.1) is 0 Å². The van der Waals surface area contributed by atoms with Gasteiger partial charge in [0, 0.05) is 12.1 Å². The lowest BCUT2D eigenvalue weighted by Gasteiger charge is -2.24. The van der Waals surface area contributed by atoms with E-state index in [9.17, 15) is 4.79 Å². The van der Waals surface area contributed by atoms with Gasteiger partial charge in [0.1, 0.15) is 0 Å². The van der Waals surface area contributed by atoms with E-state index in [2.05, 4.69) is 21.7 Å². The highest BCUT2D eigenvalue weighted by molar-refractivity contribution is 7.07. The molecular weight excluding hydrogens is 324 g/mol. The van der Waals surface area contributed by atoms with Crippen LogP contribution in [-0.4, -0.2) is 45.2 Å². The largest absolute Gasteiger partial charge is 0.493 e. The summed E-state index contributed by atoms with van der Waals surface area (Å²) in [5.74, 6) is 1.07. The van der Waals surface area contributed by atoms with E-state index in [1.54, 1.807) is 36.6 Å². The van der Waals surface area contributed by atoms with Crippen molar-refractivity contribution in [2.45, 2.75) is 13.0 Å². The number of benzene rings is 1. The van der Waals surface area contributed by atoms with E-state index in [-0.39, 0.29) is 11.9 Å². The zero-order valence-corrected chi connectivity index (χ0v) is 15.4. The van der Waals surface area contributed by atoms with E-state index in [4.69, 9.17) is 9.47 Å². The van der Waals surface area contributed by atoms with Crippen LogP contribution in [0.2, 0.25) is 0 Å². The van der Waals surface area contributed by atoms with Gasteiger partial charge in [0.05, 0.1) is 19.8 Å². The zero-order valence-electron chi connectivity index (χ0n) is 14.5. The number of methoxy groups -OCH3 is 1. The van der Waals surface area contributed by atoms with Crippen LogP contribution in [-0.2, 0) is 0 Å². The molecule has 2 rings (SSSR count). The highest BCUT2D eigenvalue weighted by atomic mass is 32.1. The summed E-state index contributed by atoms with van der Waals surface area (Å²) in [5, 5.41) is 7.15. The summed E-state index contributed by atoms with van der Waals surface area (Å²) >= 11 is 1.66. The summed E-state index contributed by atoms with van der Waals surface area (Å²) in [4.78, 5) is 14.6. The van der Waals surface area contributed by atoms with Crippen molar-refractivity contribution in [1.29, 1.82) is 0 Å². The van der Waals surface area contributed by atoms with E-state index < -0.39 is 0 Å². The lowest BCUT2D eigenvalue weighted by Crippen LogP contribution is -2.34. The van der Waals surface area contributed by atoms with Gasteiger partial charge in [0.15, 0.2) is 11.5 Å². The van der Waals surface area contributed by atoms with E-state index in [0.717, 1.165) is 0 Å². The number of nitrogens with one attached hydrogen (secondary N) is 1. The molecule has 0 radical (unpaired) electrons. The fourth-order valence-corrected chi connectivity index (χ4v) is 3.15. The van der Waals surface area contributed by atoms with Crippen molar-refractivity contribution in [1.82, 2.24) is 10.2 Å². The van der Waals surface area contributed by atoms with Gasteiger partial charge in [-0.05, 0) is 61.6 Å². The van der Waals surface area contributed by atoms with E-state index >= 15 is 0 Å². The van der Waals surface area contributed by atoms with Crippen molar-refractivity contribution in [3.8, 4) is 11.5 Å². The Morgan fingerprint density at radius 2 is 2.08 bits per heavy atom. The Balaban J connectivity index is 2.06. The standard InChI is InChI=1S/C18H24N2O3S/c1-5-23-16-7-6-13(10-17(16)22-4)18(21)19-11-15(20(2)3)14-8-9-24-12-14/h6-10,12,15H,5,11H2,1-4H3,(H,19,21)/t15-/m0/s1.